The third kappa shape index (κ3) is 4.30. The third-order valence-corrected chi connectivity index (χ3v) is 7.75. The Morgan fingerprint density at radius 1 is 1.18 bits per heavy atom. The zero-order valence-corrected chi connectivity index (χ0v) is 19.0. The summed E-state index contributed by atoms with van der Waals surface area (Å²) in [6, 6.07) is 4.63. The number of piperidine rings is 1. The first kappa shape index (κ1) is 23.2. The summed E-state index contributed by atoms with van der Waals surface area (Å²) in [5, 5.41) is 5.89. The van der Waals surface area contributed by atoms with E-state index in [0.717, 1.165) is 31.2 Å². The quantitative estimate of drug-likeness (QED) is 0.649. The van der Waals surface area contributed by atoms with Crippen LogP contribution >= 0.6 is 0 Å². The van der Waals surface area contributed by atoms with Crippen molar-refractivity contribution in [3.8, 4) is 5.75 Å². The lowest BCUT2D eigenvalue weighted by atomic mass is 9.91. The second-order valence-electron chi connectivity index (χ2n) is 10.1. The van der Waals surface area contributed by atoms with Crippen LogP contribution in [0.15, 0.2) is 30.5 Å². The van der Waals surface area contributed by atoms with Gasteiger partial charge in [0.25, 0.3) is 5.91 Å². The highest BCUT2D eigenvalue weighted by Crippen LogP contribution is 2.57. The number of rotatable bonds is 6. The second kappa shape index (κ2) is 8.59. The van der Waals surface area contributed by atoms with Crippen LogP contribution < -0.4 is 15.4 Å². The SMILES string of the molecule is C=C1CCC(N2Cc3cc(O[C@H]4CCCC[C@H]4NCC4(C(F)(F)F)CC4)ccc3C2=O)C(=O)N1. The minimum Gasteiger partial charge on any atom is -0.489 e. The molecule has 34 heavy (non-hydrogen) atoms. The molecule has 2 heterocycles. The van der Waals surface area contributed by atoms with Crippen LogP contribution in [0.3, 0.4) is 0 Å². The van der Waals surface area contributed by atoms with E-state index < -0.39 is 17.6 Å². The molecule has 1 aromatic carbocycles. The van der Waals surface area contributed by atoms with Gasteiger partial charge in [-0.1, -0.05) is 13.0 Å². The number of alkyl halides is 3. The molecule has 2 aliphatic carbocycles. The lowest BCUT2D eigenvalue weighted by Gasteiger charge is -2.34. The highest BCUT2D eigenvalue weighted by molar-refractivity contribution is 6.01. The average Bonchev–Trinajstić information content (AvgIpc) is 3.52. The summed E-state index contributed by atoms with van der Waals surface area (Å²) < 4.78 is 46.2. The van der Waals surface area contributed by atoms with Gasteiger partial charge in [-0.3, -0.25) is 9.59 Å². The zero-order chi connectivity index (χ0) is 24.1. The van der Waals surface area contributed by atoms with Crippen molar-refractivity contribution in [2.75, 3.05) is 6.54 Å². The molecule has 184 valence electrons. The molecule has 9 heteroatoms. The highest BCUT2D eigenvalue weighted by Gasteiger charge is 2.62. The molecule has 0 bridgehead atoms. The average molecular weight is 478 g/mol. The van der Waals surface area contributed by atoms with Crippen molar-refractivity contribution in [3.63, 3.8) is 0 Å². The van der Waals surface area contributed by atoms with E-state index in [9.17, 15) is 22.8 Å². The molecule has 2 amide bonds. The van der Waals surface area contributed by atoms with Crippen molar-refractivity contribution in [3.05, 3.63) is 41.6 Å². The van der Waals surface area contributed by atoms with Crippen LogP contribution in [-0.2, 0) is 11.3 Å². The summed E-state index contributed by atoms with van der Waals surface area (Å²) in [6.07, 6.45) is 0.619. The van der Waals surface area contributed by atoms with Crippen LogP contribution in [0, 0.1) is 5.41 Å². The van der Waals surface area contributed by atoms with Gasteiger partial charge in [-0.25, -0.2) is 0 Å². The fourth-order valence-corrected chi connectivity index (χ4v) is 5.39. The molecule has 0 spiro atoms. The highest BCUT2D eigenvalue weighted by atomic mass is 19.4. The van der Waals surface area contributed by atoms with Crippen molar-refractivity contribution in [1.82, 2.24) is 15.5 Å². The van der Waals surface area contributed by atoms with Crippen molar-refractivity contribution in [2.24, 2.45) is 5.41 Å². The molecule has 1 aromatic rings. The molecule has 1 saturated heterocycles. The zero-order valence-electron chi connectivity index (χ0n) is 19.0. The summed E-state index contributed by atoms with van der Waals surface area (Å²) in [4.78, 5) is 26.9. The summed E-state index contributed by atoms with van der Waals surface area (Å²) in [6.45, 7) is 4.05. The number of ether oxygens (including phenoxy) is 1. The monoisotopic (exact) mass is 477 g/mol. The molecule has 3 fully saturated rings. The summed E-state index contributed by atoms with van der Waals surface area (Å²) in [5.74, 6) is 0.219. The number of hydrogen-bond donors (Lipinski definition) is 2. The molecule has 2 saturated carbocycles. The maximum atomic E-state index is 13.3. The van der Waals surface area contributed by atoms with Crippen LogP contribution in [0.2, 0.25) is 0 Å². The lowest BCUT2D eigenvalue weighted by Crippen LogP contribution is -2.49. The number of fused-ring (bicyclic) bond motifs is 1. The van der Waals surface area contributed by atoms with E-state index in [0.29, 0.717) is 36.4 Å². The maximum absolute atomic E-state index is 13.3. The van der Waals surface area contributed by atoms with Crippen molar-refractivity contribution in [2.45, 2.75) is 82.3 Å². The normalized spacial score (nSPS) is 28.5. The van der Waals surface area contributed by atoms with Gasteiger partial charge in [-0.05, 0) is 68.7 Å². The minimum atomic E-state index is -4.17. The smallest absolute Gasteiger partial charge is 0.395 e. The van der Waals surface area contributed by atoms with Gasteiger partial charge in [-0.2, -0.15) is 13.2 Å². The number of carbonyl (C=O) groups excluding carboxylic acids is 2. The Bertz CT molecular complexity index is 1000. The predicted molar refractivity (Wildman–Crippen MR) is 119 cm³/mol. The van der Waals surface area contributed by atoms with Gasteiger partial charge in [0, 0.05) is 30.4 Å². The maximum Gasteiger partial charge on any atom is 0.395 e. The standard InChI is InChI=1S/C25H30F3N3O3/c1-15-6-9-20(22(32)30-15)31-13-16-12-17(7-8-18(16)23(31)33)34-21-5-3-2-4-19(21)29-14-24(10-11-24)25(26,27)28/h7-8,12,19-21,29H,1-6,9-11,13-14H2,(H,30,32)/t19-,20?,21+/m1/s1. The number of halogens is 3. The summed E-state index contributed by atoms with van der Waals surface area (Å²) in [7, 11) is 0. The molecule has 1 unspecified atom stereocenters. The predicted octanol–water partition coefficient (Wildman–Crippen LogP) is 4.06. The van der Waals surface area contributed by atoms with Gasteiger partial charge in [0.15, 0.2) is 0 Å². The van der Waals surface area contributed by atoms with Gasteiger partial charge >= 0.3 is 6.18 Å². The molecule has 5 rings (SSSR count). The van der Waals surface area contributed by atoms with Crippen LogP contribution in [-0.4, -0.2) is 47.6 Å². The van der Waals surface area contributed by atoms with Gasteiger partial charge in [0.1, 0.15) is 17.9 Å². The molecule has 0 radical (unpaired) electrons. The number of nitrogens with zero attached hydrogens (tertiary/aromatic N) is 1. The van der Waals surface area contributed by atoms with Gasteiger partial charge in [0.2, 0.25) is 5.91 Å². The van der Waals surface area contributed by atoms with E-state index in [2.05, 4.69) is 17.2 Å². The first-order valence-electron chi connectivity index (χ1n) is 12.1. The van der Waals surface area contributed by atoms with Crippen LogP contribution in [0.4, 0.5) is 13.2 Å². The largest absolute Gasteiger partial charge is 0.489 e. The Hall–Kier alpha value is -2.55. The van der Waals surface area contributed by atoms with Crippen LogP contribution in [0.5, 0.6) is 5.75 Å². The van der Waals surface area contributed by atoms with Gasteiger partial charge in [0.05, 0.1) is 5.41 Å². The number of hydrogen-bond acceptors (Lipinski definition) is 4. The van der Waals surface area contributed by atoms with Crippen molar-refractivity contribution >= 4 is 11.8 Å². The first-order chi connectivity index (χ1) is 16.2. The third-order valence-electron chi connectivity index (χ3n) is 7.75. The van der Waals surface area contributed by atoms with Gasteiger partial charge < -0.3 is 20.3 Å². The summed E-state index contributed by atoms with van der Waals surface area (Å²) in [5.41, 5.74) is 0.446. The molecular weight excluding hydrogens is 447 g/mol. The molecule has 0 aromatic heterocycles. The Morgan fingerprint density at radius 3 is 2.65 bits per heavy atom. The molecule has 4 aliphatic rings. The molecule has 6 nitrogen and oxygen atoms in total. The van der Waals surface area contributed by atoms with Crippen molar-refractivity contribution in [1.29, 1.82) is 0 Å². The fourth-order valence-electron chi connectivity index (χ4n) is 5.39. The van der Waals surface area contributed by atoms with E-state index in [4.69, 9.17) is 4.74 Å². The van der Waals surface area contributed by atoms with Crippen molar-refractivity contribution < 1.29 is 27.5 Å². The van der Waals surface area contributed by atoms with E-state index in [-0.39, 0.29) is 43.3 Å². The van der Waals surface area contributed by atoms with E-state index in [1.807, 2.05) is 6.07 Å². The Balaban J connectivity index is 1.25. The minimum absolute atomic E-state index is 0.0649. The number of amides is 2. The van der Waals surface area contributed by atoms with E-state index in [1.54, 1.807) is 17.0 Å². The van der Waals surface area contributed by atoms with Crippen LogP contribution in [0.1, 0.15) is 67.3 Å². The summed E-state index contributed by atoms with van der Waals surface area (Å²) >= 11 is 0. The molecule has 2 N–H and O–H groups in total. The van der Waals surface area contributed by atoms with E-state index >= 15 is 0 Å². The van der Waals surface area contributed by atoms with Gasteiger partial charge in [-0.15, -0.1) is 0 Å². The number of benzene rings is 1. The topological polar surface area (TPSA) is 70.7 Å². The molecular formula is C25H30F3N3O3. The molecule has 3 atom stereocenters. The first-order valence-corrected chi connectivity index (χ1v) is 12.1. The van der Waals surface area contributed by atoms with E-state index in [1.165, 1.54) is 0 Å². The second-order valence-corrected chi connectivity index (χ2v) is 10.1. The number of nitrogens with one attached hydrogen (secondary N) is 2. The fraction of sp³-hybridized carbons (Fsp3) is 0.600. The number of carbonyl (C=O) groups is 2. The Morgan fingerprint density at radius 2 is 1.94 bits per heavy atom. The lowest BCUT2D eigenvalue weighted by molar-refractivity contribution is -0.186. The number of allylic oxidation sites excluding steroid dienone is 1. The molecule has 2 aliphatic heterocycles. The Kier molecular flexibility index (Phi) is 5.86. The Labute approximate surface area is 196 Å². The van der Waals surface area contributed by atoms with Crippen LogP contribution in [0.25, 0.3) is 0 Å².